The van der Waals surface area contributed by atoms with Crippen molar-refractivity contribution >= 4 is 23.4 Å². The Morgan fingerprint density at radius 1 is 1.35 bits per heavy atom. The Morgan fingerprint density at radius 2 is 2.00 bits per heavy atom. The quantitative estimate of drug-likeness (QED) is 0.603. The number of hydrogen-bond acceptors (Lipinski definition) is 5. The zero-order valence-corrected chi connectivity index (χ0v) is 11.8. The number of nitrogen functional groups attached to an aromatic ring is 1. The second-order valence-corrected chi connectivity index (χ2v) is 4.95. The van der Waals surface area contributed by atoms with E-state index in [1.807, 2.05) is 6.26 Å². The summed E-state index contributed by atoms with van der Waals surface area (Å²) in [7, 11) is 0. The lowest BCUT2D eigenvalue weighted by molar-refractivity contribution is 0.437. The number of nitrogens with zero attached hydrogens (tertiary/aromatic N) is 2. The average Bonchev–Trinajstić information content (AvgIpc) is 2.29. The van der Waals surface area contributed by atoms with E-state index in [9.17, 15) is 0 Å². The molecule has 1 rings (SSSR count). The van der Waals surface area contributed by atoms with Crippen molar-refractivity contribution in [2.45, 2.75) is 44.8 Å². The van der Waals surface area contributed by atoms with Gasteiger partial charge in [-0.25, -0.2) is 9.97 Å². The van der Waals surface area contributed by atoms with Crippen molar-refractivity contribution in [1.29, 1.82) is 0 Å². The number of anilines is 2. The van der Waals surface area contributed by atoms with Gasteiger partial charge in [-0.15, -0.1) is 0 Å². The normalized spacial score (nSPS) is 12.8. The van der Waals surface area contributed by atoms with Gasteiger partial charge < -0.3 is 11.1 Å². The molecule has 4 nitrogen and oxygen atoms in total. The van der Waals surface area contributed by atoms with Crippen LogP contribution in [0.15, 0.2) is 11.2 Å². The summed E-state index contributed by atoms with van der Waals surface area (Å²) in [5.74, 6) is 1.99. The standard InChI is InChI=1S/C12H22N4S/c1-5-9(6-2)8(3)14-11-7-10(13)15-12(16-11)17-4/h7-9H,5-6H2,1-4H3,(H3,13,14,15,16). The minimum atomic E-state index is 0.397. The summed E-state index contributed by atoms with van der Waals surface area (Å²) in [5, 5.41) is 4.13. The van der Waals surface area contributed by atoms with Crippen molar-refractivity contribution in [3.05, 3.63) is 6.07 Å². The lowest BCUT2D eigenvalue weighted by atomic mass is 9.95. The van der Waals surface area contributed by atoms with Gasteiger partial charge in [0.1, 0.15) is 11.6 Å². The topological polar surface area (TPSA) is 63.8 Å². The molecule has 0 bridgehead atoms. The van der Waals surface area contributed by atoms with Crippen molar-refractivity contribution in [2.24, 2.45) is 5.92 Å². The smallest absolute Gasteiger partial charge is 0.191 e. The number of nitrogens with two attached hydrogens (primary N) is 1. The Balaban J connectivity index is 2.76. The van der Waals surface area contributed by atoms with E-state index in [0.717, 1.165) is 5.82 Å². The van der Waals surface area contributed by atoms with Crippen LogP contribution in [0.3, 0.4) is 0 Å². The molecule has 5 heteroatoms. The SMILES string of the molecule is CCC(CC)C(C)Nc1cc(N)nc(SC)n1. The molecule has 0 aliphatic rings. The Morgan fingerprint density at radius 3 is 2.53 bits per heavy atom. The fourth-order valence-electron chi connectivity index (χ4n) is 1.96. The lowest BCUT2D eigenvalue weighted by Gasteiger charge is -2.23. The molecular weight excluding hydrogens is 232 g/mol. The molecule has 1 aromatic rings. The van der Waals surface area contributed by atoms with Crippen LogP contribution in [-0.4, -0.2) is 22.3 Å². The van der Waals surface area contributed by atoms with Crippen LogP contribution in [0.25, 0.3) is 0 Å². The molecule has 0 amide bonds. The van der Waals surface area contributed by atoms with Crippen LogP contribution in [0.2, 0.25) is 0 Å². The van der Waals surface area contributed by atoms with Gasteiger partial charge in [0.05, 0.1) is 0 Å². The molecule has 0 fully saturated rings. The van der Waals surface area contributed by atoms with Gasteiger partial charge in [0.2, 0.25) is 0 Å². The Kier molecular flexibility index (Phi) is 5.55. The highest BCUT2D eigenvalue weighted by atomic mass is 32.2. The fourth-order valence-corrected chi connectivity index (χ4v) is 2.34. The van der Waals surface area contributed by atoms with Crippen molar-refractivity contribution < 1.29 is 0 Å². The van der Waals surface area contributed by atoms with E-state index in [2.05, 4.69) is 36.1 Å². The van der Waals surface area contributed by atoms with Gasteiger partial charge in [-0.3, -0.25) is 0 Å². The fraction of sp³-hybridized carbons (Fsp3) is 0.667. The maximum atomic E-state index is 5.75. The van der Waals surface area contributed by atoms with Gasteiger partial charge in [-0.1, -0.05) is 38.5 Å². The molecule has 0 aromatic carbocycles. The van der Waals surface area contributed by atoms with Gasteiger partial charge in [0, 0.05) is 12.1 Å². The summed E-state index contributed by atoms with van der Waals surface area (Å²) in [6, 6.07) is 2.19. The van der Waals surface area contributed by atoms with Gasteiger partial charge in [0.25, 0.3) is 0 Å². The zero-order valence-electron chi connectivity index (χ0n) is 11.0. The second-order valence-electron chi connectivity index (χ2n) is 4.17. The predicted molar refractivity (Wildman–Crippen MR) is 75.4 cm³/mol. The van der Waals surface area contributed by atoms with Crippen molar-refractivity contribution in [3.63, 3.8) is 0 Å². The number of thioether (sulfide) groups is 1. The first-order valence-corrected chi connectivity index (χ1v) is 7.28. The molecule has 3 N–H and O–H groups in total. The van der Waals surface area contributed by atoms with Gasteiger partial charge in [0.15, 0.2) is 5.16 Å². The first-order valence-electron chi connectivity index (χ1n) is 6.05. The van der Waals surface area contributed by atoms with E-state index >= 15 is 0 Å². The number of nitrogens with one attached hydrogen (secondary N) is 1. The third kappa shape index (κ3) is 4.07. The summed E-state index contributed by atoms with van der Waals surface area (Å²) in [5.41, 5.74) is 5.75. The maximum Gasteiger partial charge on any atom is 0.191 e. The minimum Gasteiger partial charge on any atom is -0.383 e. The first kappa shape index (κ1) is 14.1. The monoisotopic (exact) mass is 254 g/mol. The van der Waals surface area contributed by atoms with Crippen molar-refractivity contribution in [1.82, 2.24) is 9.97 Å². The highest BCUT2D eigenvalue weighted by molar-refractivity contribution is 7.98. The van der Waals surface area contributed by atoms with Crippen molar-refractivity contribution in [3.8, 4) is 0 Å². The van der Waals surface area contributed by atoms with Crippen LogP contribution in [-0.2, 0) is 0 Å². The zero-order chi connectivity index (χ0) is 12.8. The Hall–Kier alpha value is -0.970. The Bertz CT molecular complexity index is 352. The summed E-state index contributed by atoms with van der Waals surface area (Å²) in [6.45, 7) is 6.62. The Labute approximate surface area is 108 Å². The van der Waals surface area contributed by atoms with Gasteiger partial charge >= 0.3 is 0 Å². The van der Waals surface area contributed by atoms with Crippen molar-refractivity contribution in [2.75, 3.05) is 17.3 Å². The second kappa shape index (κ2) is 6.69. The van der Waals surface area contributed by atoms with Crippen LogP contribution >= 0.6 is 11.8 Å². The molecule has 0 spiro atoms. The highest BCUT2D eigenvalue weighted by Crippen LogP contribution is 2.20. The van der Waals surface area contributed by atoms with E-state index in [1.54, 1.807) is 6.07 Å². The van der Waals surface area contributed by atoms with Crippen LogP contribution in [0.1, 0.15) is 33.6 Å². The molecule has 0 saturated heterocycles. The van der Waals surface area contributed by atoms with E-state index in [4.69, 9.17) is 5.73 Å². The largest absolute Gasteiger partial charge is 0.383 e. The van der Waals surface area contributed by atoms with Crippen LogP contribution in [0.4, 0.5) is 11.6 Å². The molecule has 1 heterocycles. The molecule has 1 atom stereocenters. The molecule has 96 valence electrons. The number of hydrogen-bond donors (Lipinski definition) is 2. The molecule has 0 aliphatic carbocycles. The van der Waals surface area contributed by atoms with Crippen LogP contribution in [0.5, 0.6) is 0 Å². The van der Waals surface area contributed by atoms with Gasteiger partial charge in [-0.2, -0.15) is 0 Å². The van der Waals surface area contributed by atoms with Gasteiger partial charge in [-0.05, 0) is 19.1 Å². The summed E-state index contributed by atoms with van der Waals surface area (Å²) in [4.78, 5) is 8.54. The van der Waals surface area contributed by atoms with Crippen LogP contribution in [0, 0.1) is 5.92 Å². The highest BCUT2D eigenvalue weighted by Gasteiger charge is 2.14. The lowest BCUT2D eigenvalue weighted by Crippen LogP contribution is -2.25. The molecule has 0 aliphatic heterocycles. The number of aromatic nitrogens is 2. The van der Waals surface area contributed by atoms with Crippen LogP contribution < -0.4 is 11.1 Å². The minimum absolute atomic E-state index is 0.397. The molecule has 1 aromatic heterocycles. The molecule has 1 unspecified atom stereocenters. The van der Waals surface area contributed by atoms with E-state index in [0.29, 0.717) is 22.9 Å². The van der Waals surface area contributed by atoms with E-state index in [-0.39, 0.29) is 0 Å². The third-order valence-electron chi connectivity index (χ3n) is 3.04. The first-order chi connectivity index (χ1) is 8.10. The maximum absolute atomic E-state index is 5.75. The summed E-state index contributed by atoms with van der Waals surface area (Å²) < 4.78 is 0. The average molecular weight is 254 g/mol. The predicted octanol–water partition coefficient (Wildman–Crippen LogP) is 3.02. The molecule has 17 heavy (non-hydrogen) atoms. The summed E-state index contributed by atoms with van der Waals surface area (Å²) >= 11 is 1.50. The third-order valence-corrected chi connectivity index (χ3v) is 3.59. The molecule has 0 saturated carbocycles. The summed E-state index contributed by atoms with van der Waals surface area (Å²) in [6.07, 6.45) is 4.28. The number of rotatable bonds is 6. The van der Waals surface area contributed by atoms with E-state index in [1.165, 1.54) is 24.6 Å². The molecular formula is C12H22N4S. The van der Waals surface area contributed by atoms with E-state index < -0.39 is 0 Å². The molecule has 0 radical (unpaired) electrons.